The number of hydrogen-bond donors (Lipinski definition) is 2. The standard InChI is InChI=1S/C13H23N3.HI/c1-4-10-15-12(14-6-3)16-11-13(5-2)8-7-9-13;/h1H,5-11H2,2-3H3,(H2,14,15,16);1H. The molecule has 4 heteroatoms. The second-order valence-corrected chi connectivity index (χ2v) is 4.46. The van der Waals surface area contributed by atoms with Gasteiger partial charge in [-0.1, -0.05) is 19.3 Å². The minimum atomic E-state index is 0. The van der Waals surface area contributed by atoms with E-state index >= 15 is 0 Å². The van der Waals surface area contributed by atoms with Gasteiger partial charge in [0.2, 0.25) is 0 Å². The Labute approximate surface area is 122 Å². The lowest BCUT2D eigenvalue weighted by Gasteiger charge is -2.40. The lowest BCUT2D eigenvalue weighted by atomic mass is 9.67. The summed E-state index contributed by atoms with van der Waals surface area (Å²) < 4.78 is 0. The van der Waals surface area contributed by atoms with Gasteiger partial charge in [0.15, 0.2) is 5.96 Å². The molecule has 1 fully saturated rings. The van der Waals surface area contributed by atoms with Crippen LogP contribution in [0.4, 0.5) is 0 Å². The van der Waals surface area contributed by atoms with E-state index in [2.05, 4.69) is 35.4 Å². The summed E-state index contributed by atoms with van der Waals surface area (Å²) in [6.45, 7) is 6.65. The molecule has 98 valence electrons. The molecule has 3 nitrogen and oxygen atoms in total. The Morgan fingerprint density at radius 3 is 2.47 bits per heavy atom. The average Bonchev–Trinajstić information content (AvgIpc) is 2.24. The Bertz CT molecular complexity index is 271. The highest BCUT2D eigenvalue weighted by molar-refractivity contribution is 14.0. The van der Waals surface area contributed by atoms with Crippen molar-refractivity contribution in [3.8, 4) is 12.3 Å². The lowest BCUT2D eigenvalue weighted by Crippen LogP contribution is -2.39. The Morgan fingerprint density at radius 1 is 1.35 bits per heavy atom. The Morgan fingerprint density at radius 2 is 2.06 bits per heavy atom. The molecule has 1 saturated carbocycles. The van der Waals surface area contributed by atoms with Crippen molar-refractivity contribution < 1.29 is 0 Å². The molecule has 2 N–H and O–H groups in total. The van der Waals surface area contributed by atoms with Crippen molar-refractivity contribution in [1.29, 1.82) is 0 Å². The molecule has 1 aliphatic rings. The maximum atomic E-state index is 5.22. The highest BCUT2D eigenvalue weighted by Crippen LogP contribution is 2.43. The van der Waals surface area contributed by atoms with E-state index in [4.69, 9.17) is 6.42 Å². The fourth-order valence-electron chi connectivity index (χ4n) is 2.02. The highest BCUT2D eigenvalue weighted by atomic mass is 127. The Kier molecular flexibility index (Phi) is 8.40. The summed E-state index contributed by atoms with van der Waals surface area (Å²) in [7, 11) is 0. The first-order valence-electron chi connectivity index (χ1n) is 6.22. The van der Waals surface area contributed by atoms with Crippen molar-refractivity contribution >= 4 is 29.9 Å². The largest absolute Gasteiger partial charge is 0.357 e. The van der Waals surface area contributed by atoms with Crippen LogP contribution in [-0.2, 0) is 0 Å². The summed E-state index contributed by atoms with van der Waals surface area (Å²) >= 11 is 0. The molecular weight excluding hydrogens is 325 g/mol. The lowest BCUT2D eigenvalue weighted by molar-refractivity contribution is 0.139. The monoisotopic (exact) mass is 349 g/mol. The van der Waals surface area contributed by atoms with Crippen LogP contribution in [0.5, 0.6) is 0 Å². The first-order valence-corrected chi connectivity index (χ1v) is 6.22. The molecule has 0 aliphatic heterocycles. The molecule has 0 heterocycles. The van der Waals surface area contributed by atoms with Gasteiger partial charge in [0.05, 0.1) is 6.54 Å². The number of aliphatic imine (C=N–C) groups is 1. The number of guanidine groups is 1. The molecule has 1 rings (SSSR count). The Hall–Kier alpha value is -0.440. The van der Waals surface area contributed by atoms with E-state index in [0.717, 1.165) is 19.0 Å². The molecule has 0 saturated heterocycles. The van der Waals surface area contributed by atoms with Crippen molar-refractivity contribution in [3.05, 3.63) is 0 Å². The van der Waals surface area contributed by atoms with Gasteiger partial charge in [-0.2, -0.15) is 0 Å². The van der Waals surface area contributed by atoms with Crippen LogP contribution in [-0.4, -0.2) is 25.6 Å². The van der Waals surface area contributed by atoms with Crippen molar-refractivity contribution in [2.45, 2.75) is 39.5 Å². The molecule has 17 heavy (non-hydrogen) atoms. The average molecular weight is 349 g/mol. The van der Waals surface area contributed by atoms with Gasteiger partial charge in [0.25, 0.3) is 0 Å². The van der Waals surface area contributed by atoms with Crippen LogP contribution < -0.4 is 10.6 Å². The van der Waals surface area contributed by atoms with Crippen LogP contribution in [0.3, 0.4) is 0 Å². The zero-order chi connectivity index (χ0) is 11.9. The maximum Gasteiger partial charge on any atom is 0.192 e. The molecule has 1 aliphatic carbocycles. The van der Waals surface area contributed by atoms with Crippen LogP contribution in [0, 0.1) is 17.8 Å². The van der Waals surface area contributed by atoms with Gasteiger partial charge >= 0.3 is 0 Å². The predicted octanol–water partition coefficient (Wildman–Crippen LogP) is 2.37. The van der Waals surface area contributed by atoms with E-state index < -0.39 is 0 Å². The summed E-state index contributed by atoms with van der Waals surface area (Å²) in [6, 6.07) is 0. The second-order valence-electron chi connectivity index (χ2n) is 4.46. The molecule has 0 aromatic heterocycles. The normalized spacial score (nSPS) is 17.4. The fraction of sp³-hybridized carbons (Fsp3) is 0.769. The SMILES string of the molecule is C#CCNC(=NCC1(CC)CCC1)NCC.I. The van der Waals surface area contributed by atoms with E-state index in [-0.39, 0.29) is 24.0 Å². The molecule has 0 bridgehead atoms. The topological polar surface area (TPSA) is 36.4 Å². The van der Waals surface area contributed by atoms with Gasteiger partial charge in [-0.25, -0.2) is 0 Å². The number of nitrogens with one attached hydrogen (secondary N) is 2. The van der Waals surface area contributed by atoms with Crippen LogP contribution >= 0.6 is 24.0 Å². The first kappa shape index (κ1) is 16.6. The fourth-order valence-corrected chi connectivity index (χ4v) is 2.02. The first-order chi connectivity index (χ1) is 7.76. The number of terminal acetylenes is 1. The quantitative estimate of drug-likeness (QED) is 0.346. The van der Waals surface area contributed by atoms with Gasteiger partial charge in [-0.05, 0) is 31.6 Å². The number of rotatable bonds is 5. The molecule has 0 aromatic carbocycles. The maximum absolute atomic E-state index is 5.22. The minimum absolute atomic E-state index is 0. The molecule has 0 amide bonds. The second kappa shape index (κ2) is 8.62. The predicted molar refractivity (Wildman–Crippen MR) is 84.8 cm³/mol. The molecule has 0 aromatic rings. The molecular formula is C13H24IN3. The van der Waals surface area contributed by atoms with Gasteiger partial charge in [-0.3, -0.25) is 4.99 Å². The number of halogens is 1. The molecule has 0 spiro atoms. The summed E-state index contributed by atoms with van der Waals surface area (Å²) in [6.07, 6.45) is 10.5. The molecule has 0 radical (unpaired) electrons. The van der Waals surface area contributed by atoms with Crippen LogP contribution in [0.25, 0.3) is 0 Å². The summed E-state index contributed by atoms with van der Waals surface area (Å²) in [4.78, 5) is 4.61. The number of hydrogen-bond acceptors (Lipinski definition) is 1. The summed E-state index contributed by atoms with van der Waals surface area (Å²) in [5.41, 5.74) is 0.471. The van der Waals surface area contributed by atoms with E-state index in [1.54, 1.807) is 0 Å². The van der Waals surface area contributed by atoms with Crippen molar-refractivity contribution in [2.75, 3.05) is 19.6 Å². The number of nitrogens with zero attached hydrogens (tertiary/aromatic N) is 1. The van der Waals surface area contributed by atoms with E-state index in [1.807, 2.05) is 0 Å². The van der Waals surface area contributed by atoms with Gasteiger partial charge in [0.1, 0.15) is 0 Å². The van der Waals surface area contributed by atoms with Gasteiger partial charge in [0, 0.05) is 13.1 Å². The highest BCUT2D eigenvalue weighted by Gasteiger charge is 2.34. The zero-order valence-corrected chi connectivity index (χ0v) is 13.2. The zero-order valence-electron chi connectivity index (χ0n) is 10.9. The third kappa shape index (κ3) is 5.15. The smallest absolute Gasteiger partial charge is 0.192 e. The molecule has 0 atom stereocenters. The van der Waals surface area contributed by atoms with Crippen molar-refractivity contribution in [3.63, 3.8) is 0 Å². The Balaban J connectivity index is 0.00000256. The van der Waals surface area contributed by atoms with Gasteiger partial charge < -0.3 is 10.6 Å². The van der Waals surface area contributed by atoms with E-state index in [0.29, 0.717) is 12.0 Å². The summed E-state index contributed by atoms with van der Waals surface area (Å²) in [5.74, 6) is 3.41. The molecule has 0 unspecified atom stereocenters. The van der Waals surface area contributed by atoms with E-state index in [9.17, 15) is 0 Å². The summed E-state index contributed by atoms with van der Waals surface area (Å²) in [5, 5.41) is 6.32. The third-order valence-corrected chi connectivity index (χ3v) is 3.44. The minimum Gasteiger partial charge on any atom is -0.357 e. The van der Waals surface area contributed by atoms with Crippen LogP contribution in [0.1, 0.15) is 39.5 Å². The van der Waals surface area contributed by atoms with Gasteiger partial charge in [-0.15, -0.1) is 30.4 Å². The van der Waals surface area contributed by atoms with Crippen molar-refractivity contribution in [1.82, 2.24) is 10.6 Å². The third-order valence-electron chi connectivity index (χ3n) is 3.44. The van der Waals surface area contributed by atoms with E-state index in [1.165, 1.54) is 25.7 Å². The van der Waals surface area contributed by atoms with Crippen LogP contribution in [0.2, 0.25) is 0 Å². The van der Waals surface area contributed by atoms with Crippen LogP contribution in [0.15, 0.2) is 4.99 Å². The van der Waals surface area contributed by atoms with Crippen molar-refractivity contribution in [2.24, 2.45) is 10.4 Å².